The maximum Gasteiger partial charge on any atom is 0.251 e. The van der Waals surface area contributed by atoms with Crippen LogP contribution in [0.5, 0.6) is 0 Å². The van der Waals surface area contributed by atoms with Crippen LogP contribution in [0, 0.1) is 5.41 Å². The van der Waals surface area contributed by atoms with E-state index in [1.54, 1.807) is 12.1 Å². The number of hydrogen-bond donors (Lipinski definition) is 3. The summed E-state index contributed by atoms with van der Waals surface area (Å²) in [6.45, 7) is 6.76. The minimum absolute atomic E-state index is 0. The number of nitrogens with one attached hydrogen (secondary N) is 2. The van der Waals surface area contributed by atoms with E-state index in [2.05, 4.69) is 26.6 Å². The molecule has 0 saturated carbocycles. The summed E-state index contributed by atoms with van der Waals surface area (Å²) in [5, 5.41) is 5.61. The molecule has 5 nitrogen and oxygen atoms in total. The molecule has 0 aliphatic heterocycles. The summed E-state index contributed by atoms with van der Waals surface area (Å²) in [6.07, 6.45) is 0.655. The molecule has 0 bridgehead atoms. The lowest BCUT2D eigenvalue weighted by molar-refractivity contribution is -0.124. The highest BCUT2D eigenvalue weighted by Gasteiger charge is 2.26. The van der Waals surface area contributed by atoms with Gasteiger partial charge in [-0.2, -0.15) is 0 Å². The molecule has 0 saturated heterocycles. The number of hydrogen-bond acceptors (Lipinski definition) is 3. The van der Waals surface area contributed by atoms with Crippen LogP contribution in [-0.2, 0) is 4.79 Å². The third-order valence-corrected chi connectivity index (χ3v) is 3.73. The van der Waals surface area contributed by atoms with Crippen LogP contribution in [0.1, 0.15) is 37.6 Å². The zero-order valence-corrected chi connectivity index (χ0v) is 16.1. The fourth-order valence-corrected chi connectivity index (χ4v) is 2.14. The van der Waals surface area contributed by atoms with Gasteiger partial charge in [0.15, 0.2) is 0 Å². The van der Waals surface area contributed by atoms with Crippen LogP contribution in [0.2, 0.25) is 0 Å². The Morgan fingerprint density at radius 2 is 1.83 bits per heavy atom. The molecule has 0 spiro atoms. The third-order valence-electron chi connectivity index (χ3n) is 3.24. The number of halogens is 2. The van der Waals surface area contributed by atoms with E-state index in [-0.39, 0.29) is 29.6 Å². The fourth-order valence-electron chi connectivity index (χ4n) is 1.74. The van der Waals surface area contributed by atoms with Gasteiger partial charge in [-0.15, -0.1) is 12.4 Å². The highest BCUT2D eigenvalue weighted by atomic mass is 79.9. The molecule has 4 N–H and O–H groups in total. The monoisotopic (exact) mass is 405 g/mol. The molecule has 0 aliphatic rings. The van der Waals surface area contributed by atoms with E-state index >= 15 is 0 Å². The van der Waals surface area contributed by atoms with Gasteiger partial charge in [0.1, 0.15) is 0 Å². The van der Waals surface area contributed by atoms with Crippen molar-refractivity contribution in [3.63, 3.8) is 0 Å². The van der Waals surface area contributed by atoms with E-state index in [1.165, 1.54) is 0 Å². The van der Waals surface area contributed by atoms with Crippen LogP contribution in [-0.4, -0.2) is 30.9 Å². The van der Waals surface area contributed by atoms with Crippen molar-refractivity contribution in [3.8, 4) is 0 Å². The Labute approximate surface area is 152 Å². The van der Waals surface area contributed by atoms with Gasteiger partial charge in [0.2, 0.25) is 5.91 Å². The first-order valence-electron chi connectivity index (χ1n) is 7.29. The minimum Gasteiger partial charge on any atom is -0.355 e. The van der Waals surface area contributed by atoms with Crippen LogP contribution < -0.4 is 16.4 Å². The molecule has 2 amide bonds. The van der Waals surface area contributed by atoms with Gasteiger partial charge in [0.05, 0.1) is 6.04 Å². The van der Waals surface area contributed by atoms with Gasteiger partial charge in [0, 0.05) is 23.1 Å². The number of rotatable bonds is 6. The number of nitrogens with two attached hydrogens (primary N) is 1. The first-order chi connectivity index (χ1) is 10.2. The molecule has 0 aromatic heterocycles. The van der Waals surface area contributed by atoms with Gasteiger partial charge in [0.25, 0.3) is 5.91 Å². The normalized spacial score (nSPS) is 12.0. The fraction of sp³-hybridized carbons (Fsp3) is 0.500. The predicted molar refractivity (Wildman–Crippen MR) is 98.8 cm³/mol. The smallest absolute Gasteiger partial charge is 0.251 e. The lowest BCUT2D eigenvalue weighted by Crippen LogP contribution is -2.49. The molecule has 0 heterocycles. The molecular weight excluding hydrogens is 382 g/mol. The van der Waals surface area contributed by atoms with E-state index in [0.29, 0.717) is 25.1 Å². The lowest BCUT2D eigenvalue weighted by atomic mass is 9.87. The van der Waals surface area contributed by atoms with Gasteiger partial charge in [-0.05, 0) is 30.0 Å². The van der Waals surface area contributed by atoms with E-state index in [4.69, 9.17) is 5.73 Å². The maximum atomic E-state index is 11.9. The largest absolute Gasteiger partial charge is 0.355 e. The first kappa shape index (κ1) is 21.9. The molecule has 1 aromatic rings. The molecule has 130 valence electrons. The van der Waals surface area contributed by atoms with Crippen molar-refractivity contribution in [3.05, 3.63) is 34.3 Å². The summed E-state index contributed by atoms with van der Waals surface area (Å²) in [5.74, 6) is -0.287. The molecule has 1 atom stereocenters. The average molecular weight is 407 g/mol. The van der Waals surface area contributed by atoms with Crippen LogP contribution in [0.4, 0.5) is 0 Å². The molecule has 0 radical (unpaired) electrons. The summed E-state index contributed by atoms with van der Waals surface area (Å²) in [7, 11) is 0. The molecule has 0 unspecified atom stereocenters. The van der Waals surface area contributed by atoms with Gasteiger partial charge >= 0.3 is 0 Å². The van der Waals surface area contributed by atoms with Crippen molar-refractivity contribution >= 4 is 40.2 Å². The van der Waals surface area contributed by atoms with Crippen LogP contribution in [0.3, 0.4) is 0 Å². The Balaban J connectivity index is 0.00000484. The lowest BCUT2D eigenvalue weighted by Gasteiger charge is -2.25. The summed E-state index contributed by atoms with van der Waals surface area (Å²) < 4.78 is 0.864. The molecule has 0 fully saturated rings. The van der Waals surface area contributed by atoms with Gasteiger partial charge in [-0.1, -0.05) is 42.8 Å². The summed E-state index contributed by atoms with van der Waals surface area (Å²) in [4.78, 5) is 23.7. The Morgan fingerprint density at radius 3 is 2.39 bits per heavy atom. The number of carbonyl (C=O) groups excluding carboxylic acids is 2. The van der Waals surface area contributed by atoms with Crippen LogP contribution in [0.25, 0.3) is 0 Å². The topological polar surface area (TPSA) is 84.2 Å². The highest BCUT2D eigenvalue weighted by molar-refractivity contribution is 9.10. The third kappa shape index (κ3) is 7.81. The number of amides is 2. The average Bonchev–Trinajstić information content (AvgIpc) is 2.44. The first-order valence-corrected chi connectivity index (χ1v) is 8.08. The van der Waals surface area contributed by atoms with Crippen molar-refractivity contribution in [2.24, 2.45) is 11.1 Å². The minimum atomic E-state index is -0.538. The quantitative estimate of drug-likeness (QED) is 0.635. The van der Waals surface area contributed by atoms with E-state index in [1.807, 2.05) is 32.9 Å². The number of benzene rings is 1. The Kier molecular flexibility index (Phi) is 9.42. The van der Waals surface area contributed by atoms with Gasteiger partial charge in [-0.3, -0.25) is 9.59 Å². The Morgan fingerprint density at radius 1 is 1.22 bits per heavy atom. The zero-order valence-electron chi connectivity index (χ0n) is 13.7. The molecule has 1 aromatic carbocycles. The summed E-state index contributed by atoms with van der Waals surface area (Å²) in [6, 6.07) is 6.66. The van der Waals surface area contributed by atoms with Crippen molar-refractivity contribution in [2.45, 2.75) is 33.2 Å². The van der Waals surface area contributed by atoms with Crippen LogP contribution in [0.15, 0.2) is 28.7 Å². The van der Waals surface area contributed by atoms with Crippen molar-refractivity contribution < 1.29 is 9.59 Å². The van der Waals surface area contributed by atoms with Gasteiger partial charge < -0.3 is 16.4 Å². The summed E-state index contributed by atoms with van der Waals surface area (Å²) in [5.41, 5.74) is 6.20. The second-order valence-corrected chi connectivity index (χ2v) is 7.17. The maximum absolute atomic E-state index is 11.9. The molecule has 1 rings (SSSR count). The van der Waals surface area contributed by atoms with Crippen molar-refractivity contribution in [1.29, 1.82) is 0 Å². The Bertz CT molecular complexity index is 532. The molecule has 23 heavy (non-hydrogen) atoms. The van der Waals surface area contributed by atoms with E-state index in [9.17, 15) is 9.59 Å². The molecule has 7 heteroatoms. The van der Waals surface area contributed by atoms with Crippen molar-refractivity contribution in [1.82, 2.24) is 10.6 Å². The van der Waals surface area contributed by atoms with Crippen molar-refractivity contribution in [2.75, 3.05) is 13.1 Å². The Hall–Kier alpha value is -1.11. The predicted octanol–water partition coefficient (Wildman–Crippen LogP) is 2.48. The van der Waals surface area contributed by atoms with E-state index < -0.39 is 6.04 Å². The highest BCUT2D eigenvalue weighted by Crippen LogP contribution is 2.17. The standard InChI is InChI=1S/C16H24BrN3O2.ClH/c1-16(2,3)13(18)15(22)20-9-5-8-19-14(21)11-6-4-7-12(17)10-11;/h4,6-7,10,13H,5,8-9,18H2,1-3H3,(H,19,21)(H,20,22);1H/t13-;/m1./s1. The van der Waals surface area contributed by atoms with Gasteiger partial charge in [-0.25, -0.2) is 0 Å². The second-order valence-electron chi connectivity index (χ2n) is 6.25. The molecule has 0 aliphatic carbocycles. The van der Waals surface area contributed by atoms with Crippen LogP contribution >= 0.6 is 28.3 Å². The number of carbonyl (C=O) groups is 2. The zero-order chi connectivity index (χ0) is 16.8. The summed E-state index contributed by atoms with van der Waals surface area (Å²) >= 11 is 3.33. The second kappa shape index (κ2) is 9.90. The molecular formula is C16H25BrClN3O2. The SMILES string of the molecule is CC(C)(C)[C@H](N)C(=O)NCCCNC(=O)c1cccc(Br)c1.Cl. The van der Waals surface area contributed by atoms with E-state index in [0.717, 1.165) is 4.47 Å².